The topological polar surface area (TPSA) is 72.9 Å². The smallest absolute Gasteiger partial charge is 0.241 e. The van der Waals surface area contributed by atoms with E-state index >= 15 is 0 Å². The van der Waals surface area contributed by atoms with Gasteiger partial charge < -0.3 is 20.2 Å². The number of hydrogen-bond acceptors (Lipinski definition) is 4. The number of aryl methyl sites for hydroxylation is 1. The molecular formula is C16H23N3O3. The summed E-state index contributed by atoms with van der Waals surface area (Å²) in [7, 11) is 0. The summed E-state index contributed by atoms with van der Waals surface area (Å²) in [4.78, 5) is 27.0. The maximum Gasteiger partial charge on any atom is 0.241 e. The van der Waals surface area contributed by atoms with Crippen molar-refractivity contribution in [2.24, 2.45) is 0 Å². The largest absolute Gasteiger partial charge is 0.392 e. The van der Waals surface area contributed by atoms with Crippen molar-refractivity contribution < 1.29 is 14.7 Å². The third kappa shape index (κ3) is 3.98. The lowest BCUT2D eigenvalue weighted by molar-refractivity contribution is -0.137. The number of amides is 2. The van der Waals surface area contributed by atoms with Crippen LogP contribution in [0.1, 0.15) is 18.1 Å². The zero-order valence-electron chi connectivity index (χ0n) is 13.1. The first-order valence-electron chi connectivity index (χ1n) is 7.49. The van der Waals surface area contributed by atoms with Crippen LogP contribution in [0.4, 0.5) is 5.69 Å². The van der Waals surface area contributed by atoms with Crippen LogP contribution in [0.3, 0.4) is 0 Å². The van der Waals surface area contributed by atoms with Crippen molar-refractivity contribution in [3.8, 4) is 0 Å². The molecule has 1 aliphatic heterocycles. The second-order valence-corrected chi connectivity index (χ2v) is 5.55. The van der Waals surface area contributed by atoms with Gasteiger partial charge in [0, 0.05) is 38.8 Å². The highest BCUT2D eigenvalue weighted by Gasteiger charge is 2.22. The van der Waals surface area contributed by atoms with Gasteiger partial charge in [0.05, 0.1) is 13.2 Å². The van der Waals surface area contributed by atoms with E-state index in [-0.39, 0.29) is 25.0 Å². The van der Waals surface area contributed by atoms with Crippen molar-refractivity contribution in [1.29, 1.82) is 0 Å². The van der Waals surface area contributed by atoms with Gasteiger partial charge in [-0.25, -0.2) is 0 Å². The minimum absolute atomic E-state index is 0.0179. The molecule has 1 saturated heterocycles. The molecule has 1 aromatic rings. The van der Waals surface area contributed by atoms with Crippen LogP contribution in [-0.2, 0) is 16.2 Å². The molecule has 0 bridgehead atoms. The fourth-order valence-electron chi connectivity index (χ4n) is 2.51. The number of nitrogens with zero attached hydrogens (tertiary/aromatic N) is 2. The summed E-state index contributed by atoms with van der Waals surface area (Å²) >= 11 is 0. The van der Waals surface area contributed by atoms with Gasteiger partial charge in [-0.05, 0) is 24.1 Å². The van der Waals surface area contributed by atoms with E-state index in [2.05, 4.69) is 5.32 Å². The highest BCUT2D eigenvalue weighted by molar-refractivity contribution is 5.81. The van der Waals surface area contributed by atoms with Gasteiger partial charge in [-0.3, -0.25) is 9.59 Å². The molecular weight excluding hydrogens is 282 g/mol. The second kappa shape index (κ2) is 7.26. The van der Waals surface area contributed by atoms with Crippen LogP contribution in [0, 0.1) is 6.92 Å². The summed E-state index contributed by atoms with van der Waals surface area (Å²) in [5.41, 5.74) is 2.71. The third-order valence-electron chi connectivity index (χ3n) is 3.99. The first-order chi connectivity index (χ1) is 10.5. The van der Waals surface area contributed by atoms with Gasteiger partial charge in [0.2, 0.25) is 11.8 Å². The first-order valence-corrected chi connectivity index (χ1v) is 7.49. The average molecular weight is 305 g/mol. The molecule has 1 aromatic carbocycles. The fourth-order valence-corrected chi connectivity index (χ4v) is 2.51. The Hall–Kier alpha value is -2.08. The van der Waals surface area contributed by atoms with Crippen molar-refractivity contribution in [2.45, 2.75) is 20.5 Å². The number of hydrogen-bond donors (Lipinski definition) is 2. The SMILES string of the molecule is CC(=O)N1CCN(C(=O)CNc2cc(CO)ccc2C)CC1. The van der Waals surface area contributed by atoms with Crippen LogP contribution in [0.25, 0.3) is 0 Å². The van der Waals surface area contributed by atoms with Crippen LogP contribution >= 0.6 is 0 Å². The Labute approximate surface area is 130 Å². The maximum absolute atomic E-state index is 12.2. The van der Waals surface area contributed by atoms with E-state index in [1.54, 1.807) is 16.7 Å². The zero-order valence-corrected chi connectivity index (χ0v) is 13.1. The van der Waals surface area contributed by atoms with Crippen molar-refractivity contribution in [3.63, 3.8) is 0 Å². The minimum atomic E-state index is -0.0179. The summed E-state index contributed by atoms with van der Waals surface area (Å²) in [5, 5.41) is 12.3. The molecule has 0 atom stereocenters. The lowest BCUT2D eigenvalue weighted by Crippen LogP contribution is -2.51. The summed E-state index contributed by atoms with van der Waals surface area (Å²) in [6.45, 7) is 6.06. The molecule has 0 unspecified atom stereocenters. The molecule has 6 nitrogen and oxygen atoms in total. The first kappa shape index (κ1) is 16.3. The highest BCUT2D eigenvalue weighted by atomic mass is 16.3. The normalized spacial score (nSPS) is 14.9. The standard InChI is InChI=1S/C16H23N3O3/c1-12-3-4-14(11-20)9-15(12)17-10-16(22)19-7-5-18(6-8-19)13(2)21/h3-4,9,17,20H,5-8,10-11H2,1-2H3. The maximum atomic E-state index is 12.2. The Kier molecular flexibility index (Phi) is 5.38. The Morgan fingerprint density at radius 3 is 2.41 bits per heavy atom. The number of aliphatic hydroxyl groups is 1. The number of anilines is 1. The second-order valence-electron chi connectivity index (χ2n) is 5.55. The third-order valence-corrected chi connectivity index (χ3v) is 3.99. The number of nitrogens with one attached hydrogen (secondary N) is 1. The molecule has 2 N–H and O–H groups in total. The Bertz CT molecular complexity index is 552. The molecule has 2 amide bonds. The van der Waals surface area contributed by atoms with Crippen molar-refractivity contribution in [1.82, 2.24) is 9.80 Å². The average Bonchev–Trinajstić information content (AvgIpc) is 2.54. The number of carbonyl (C=O) groups excluding carboxylic acids is 2. The molecule has 0 aromatic heterocycles. The Balaban J connectivity index is 1.87. The zero-order chi connectivity index (χ0) is 16.1. The quantitative estimate of drug-likeness (QED) is 0.854. The van der Waals surface area contributed by atoms with E-state index in [0.29, 0.717) is 26.2 Å². The number of benzene rings is 1. The summed E-state index contributed by atoms with van der Waals surface area (Å²) in [6, 6.07) is 5.64. The van der Waals surface area contributed by atoms with E-state index < -0.39 is 0 Å². The van der Waals surface area contributed by atoms with E-state index in [4.69, 9.17) is 5.11 Å². The van der Waals surface area contributed by atoms with E-state index in [0.717, 1.165) is 16.8 Å². The van der Waals surface area contributed by atoms with Gasteiger partial charge in [0.15, 0.2) is 0 Å². The van der Waals surface area contributed by atoms with Crippen LogP contribution < -0.4 is 5.32 Å². The molecule has 6 heteroatoms. The number of piperazine rings is 1. The van der Waals surface area contributed by atoms with Gasteiger partial charge in [-0.15, -0.1) is 0 Å². The molecule has 22 heavy (non-hydrogen) atoms. The molecule has 1 fully saturated rings. The van der Waals surface area contributed by atoms with Gasteiger partial charge in [0.1, 0.15) is 0 Å². The van der Waals surface area contributed by atoms with Crippen LogP contribution in [0.2, 0.25) is 0 Å². The molecule has 1 heterocycles. The van der Waals surface area contributed by atoms with Crippen LogP contribution in [0.15, 0.2) is 18.2 Å². The highest BCUT2D eigenvalue weighted by Crippen LogP contribution is 2.17. The Morgan fingerprint density at radius 2 is 1.82 bits per heavy atom. The van der Waals surface area contributed by atoms with Gasteiger partial charge in [0.25, 0.3) is 0 Å². The van der Waals surface area contributed by atoms with E-state index in [1.807, 2.05) is 25.1 Å². The van der Waals surface area contributed by atoms with Crippen molar-refractivity contribution in [3.05, 3.63) is 29.3 Å². The van der Waals surface area contributed by atoms with Crippen molar-refractivity contribution in [2.75, 3.05) is 38.0 Å². The van der Waals surface area contributed by atoms with E-state index in [1.165, 1.54) is 0 Å². The predicted molar refractivity (Wildman–Crippen MR) is 84.4 cm³/mol. The molecule has 2 rings (SSSR count). The molecule has 0 spiro atoms. The molecule has 0 saturated carbocycles. The molecule has 0 radical (unpaired) electrons. The monoisotopic (exact) mass is 305 g/mol. The number of carbonyl (C=O) groups is 2. The lowest BCUT2D eigenvalue weighted by Gasteiger charge is -2.34. The van der Waals surface area contributed by atoms with Gasteiger partial charge in [-0.2, -0.15) is 0 Å². The Morgan fingerprint density at radius 1 is 1.18 bits per heavy atom. The fraction of sp³-hybridized carbons (Fsp3) is 0.500. The molecule has 1 aliphatic rings. The number of rotatable bonds is 4. The molecule has 0 aliphatic carbocycles. The number of aliphatic hydroxyl groups excluding tert-OH is 1. The minimum Gasteiger partial charge on any atom is -0.392 e. The van der Waals surface area contributed by atoms with Gasteiger partial charge >= 0.3 is 0 Å². The summed E-state index contributed by atoms with van der Waals surface area (Å²) in [6.07, 6.45) is 0. The lowest BCUT2D eigenvalue weighted by atomic mass is 10.1. The van der Waals surface area contributed by atoms with Crippen LogP contribution in [0.5, 0.6) is 0 Å². The van der Waals surface area contributed by atoms with Crippen molar-refractivity contribution >= 4 is 17.5 Å². The predicted octanol–water partition coefficient (Wildman–Crippen LogP) is 0.590. The molecule has 120 valence electrons. The van der Waals surface area contributed by atoms with E-state index in [9.17, 15) is 9.59 Å². The summed E-state index contributed by atoms with van der Waals surface area (Å²) in [5.74, 6) is 0.0821. The summed E-state index contributed by atoms with van der Waals surface area (Å²) < 4.78 is 0. The van der Waals surface area contributed by atoms with Gasteiger partial charge in [-0.1, -0.05) is 12.1 Å². The van der Waals surface area contributed by atoms with Crippen LogP contribution in [-0.4, -0.2) is 59.4 Å².